The molecule has 0 atom stereocenters. The van der Waals surface area contributed by atoms with Gasteiger partial charge in [0.05, 0.1) is 11.3 Å². The molecule has 0 saturated carbocycles. The summed E-state index contributed by atoms with van der Waals surface area (Å²) in [5.41, 5.74) is 3.08. The van der Waals surface area contributed by atoms with Crippen molar-refractivity contribution in [1.29, 1.82) is 5.26 Å². The Morgan fingerprint density at radius 1 is 1.07 bits per heavy atom. The van der Waals surface area contributed by atoms with Crippen LogP contribution in [0.5, 0.6) is 11.5 Å². The fraction of sp³-hybridized carbons (Fsp3) is 0.150. The van der Waals surface area contributed by atoms with Crippen LogP contribution in [0.3, 0.4) is 0 Å². The molecule has 4 rings (SSSR count). The molecular formula is C20H17N5O2. The van der Waals surface area contributed by atoms with Crippen molar-refractivity contribution in [1.82, 2.24) is 9.97 Å². The number of nitriles is 1. The molecule has 1 aromatic heterocycles. The molecule has 0 radical (unpaired) electrons. The number of aromatic nitrogens is 2. The Hall–Kier alpha value is -3.79. The van der Waals surface area contributed by atoms with E-state index in [2.05, 4.69) is 26.7 Å². The molecule has 0 fully saturated rings. The second kappa shape index (κ2) is 7.22. The third-order valence-electron chi connectivity index (χ3n) is 4.06. The van der Waals surface area contributed by atoms with Crippen molar-refractivity contribution in [2.75, 3.05) is 17.4 Å². The molecule has 0 amide bonds. The predicted molar refractivity (Wildman–Crippen MR) is 101 cm³/mol. The number of anilines is 3. The van der Waals surface area contributed by atoms with Crippen LogP contribution in [0.4, 0.5) is 17.5 Å². The zero-order valence-corrected chi connectivity index (χ0v) is 14.7. The molecule has 2 heterocycles. The summed E-state index contributed by atoms with van der Waals surface area (Å²) in [6.07, 6.45) is 0. The lowest BCUT2D eigenvalue weighted by molar-refractivity contribution is 0.174. The van der Waals surface area contributed by atoms with Gasteiger partial charge in [-0.15, -0.1) is 0 Å². The van der Waals surface area contributed by atoms with Crippen LogP contribution in [-0.2, 0) is 6.54 Å². The van der Waals surface area contributed by atoms with E-state index in [0.29, 0.717) is 29.6 Å². The summed E-state index contributed by atoms with van der Waals surface area (Å²) < 4.78 is 10.7. The van der Waals surface area contributed by atoms with Gasteiger partial charge in [0.25, 0.3) is 0 Å². The first kappa shape index (κ1) is 16.7. The van der Waals surface area contributed by atoms with Gasteiger partial charge in [-0.2, -0.15) is 10.2 Å². The summed E-state index contributed by atoms with van der Waals surface area (Å²) >= 11 is 0. The summed E-state index contributed by atoms with van der Waals surface area (Å²) in [6.45, 7) is 2.74. The Bertz CT molecular complexity index is 1030. The lowest BCUT2D eigenvalue weighted by Crippen LogP contribution is -2.06. The first-order chi connectivity index (χ1) is 13.2. The van der Waals surface area contributed by atoms with Gasteiger partial charge in [-0.05, 0) is 36.8 Å². The first-order valence-electron chi connectivity index (χ1n) is 8.45. The number of rotatable bonds is 5. The summed E-state index contributed by atoms with van der Waals surface area (Å²) in [6, 6.07) is 17.1. The molecule has 0 aliphatic carbocycles. The number of para-hydroxylation sites is 1. The molecule has 27 heavy (non-hydrogen) atoms. The van der Waals surface area contributed by atoms with E-state index in [9.17, 15) is 5.26 Å². The molecule has 1 aliphatic heterocycles. The van der Waals surface area contributed by atoms with Gasteiger partial charge >= 0.3 is 0 Å². The Morgan fingerprint density at radius 3 is 2.81 bits per heavy atom. The number of aryl methyl sites for hydroxylation is 1. The molecule has 2 aromatic carbocycles. The average molecular weight is 359 g/mol. The van der Waals surface area contributed by atoms with Crippen molar-refractivity contribution in [2.24, 2.45) is 0 Å². The highest BCUT2D eigenvalue weighted by molar-refractivity contribution is 5.63. The second-order valence-electron chi connectivity index (χ2n) is 6.04. The Labute approximate surface area is 156 Å². The maximum Gasteiger partial charge on any atom is 0.231 e. The van der Waals surface area contributed by atoms with Crippen LogP contribution in [0, 0.1) is 18.3 Å². The van der Waals surface area contributed by atoms with Crippen molar-refractivity contribution in [3.63, 3.8) is 0 Å². The van der Waals surface area contributed by atoms with E-state index in [1.165, 1.54) is 0 Å². The normalized spacial score (nSPS) is 11.7. The zero-order valence-electron chi connectivity index (χ0n) is 14.7. The molecule has 7 heteroatoms. The minimum atomic E-state index is 0.260. The molecule has 2 N–H and O–H groups in total. The van der Waals surface area contributed by atoms with Crippen molar-refractivity contribution in [3.05, 3.63) is 65.4 Å². The Morgan fingerprint density at radius 2 is 1.93 bits per heavy atom. The van der Waals surface area contributed by atoms with E-state index in [4.69, 9.17) is 9.47 Å². The van der Waals surface area contributed by atoms with Crippen molar-refractivity contribution < 1.29 is 9.47 Å². The Kier molecular flexibility index (Phi) is 4.45. The summed E-state index contributed by atoms with van der Waals surface area (Å²) in [4.78, 5) is 8.89. The lowest BCUT2D eigenvalue weighted by Gasteiger charge is -2.11. The largest absolute Gasteiger partial charge is 0.454 e. The van der Waals surface area contributed by atoms with Crippen LogP contribution >= 0.6 is 0 Å². The number of hydrogen-bond acceptors (Lipinski definition) is 7. The van der Waals surface area contributed by atoms with Crippen LogP contribution in [-0.4, -0.2) is 16.8 Å². The van der Waals surface area contributed by atoms with Gasteiger partial charge in [-0.25, -0.2) is 4.98 Å². The van der Waals surface area contributed by atoms with Crippen LogP contribution in [0.15, 0.2) is 48.5 Å². The maximum atomic E-state index is 9.22. The monoisotopic (exact) mass is 359 g/mol. The van der Waals surface area contributed by atoms with Crippen molar-refractivity contribution in [2.45, 2.75) is 13.5 Å². The van der Waals surface area contributed by atoms with E-state index < -0.39 is 0 Å². The number of ether oxygens (including phenoxy) is 2. The zero-order chi connectivity index (χ0) is 18.6. The lowest BCUT2D eigenvalue weighted by atomic mass is 10.2. The molecule has 134 valence electrons. The number of benzene rings is 2. The molecular weight excluding hydrogens is 342 g/mol. The van der Waals surface area contributed by atoms with Crippen LogP contribution in [0.25, 0.3) is 0 Å². The molecule has 0 bridgehead atoms. The van der Waals surface area contributed by atoms with E-state index in [-0.39, 0.29) is 6.79 Å². The van der Waals surface area contributed by atoms with Gasteiger partial charge in [0, 0.05) is 18.3 Å². The van der Waals surface area contributed by atoms with Gasteiger partial charge < -0.3 is 20.1 Å². The van der Waals surface area contributed by atoms with E-state index >= 15 is 0 Å². The maximum absolute atomic E-state index is 9.22. The number of nitrogens with one attached hydrogen (secondary N) is 2. The number of hydrogen-bond donors (Lipinski definition) is 2. The van der Waals surface area contributed by atoms with Crippen LogP contribution in [0.2, 0.25) is 0 Å². The van der Waals surface area contributed by atoms with E-state index in [0.717, 1.165) is 22.8 Å². The summed E-state index contributed by atoms with van der Waals surface area (Å²) in [5, 5.41) is 15.6. The van der Waals surface area contributed by atoms with Crippen LogP contribution < -0.4 is 20.1 Å². The fourth-order valence-corrected chi connectivity index (χ4v) is 2.77. The molecule has 3 aromatic rings. The summed E-state index contributed by atoms with van der Waals surface area (Å²) in [7, 11) is 0. The topological polar surface area (TPSA) is 92.1 Å². The van der Waals surface area contributed by atoms with Gasteiger partial charge in [-0.1, -0.05) is 18.2 Å². The average Bonchev–Trinajstić information content (AvgIpc) is 3.14. The molecule has 7 nitrogen and oxygen atoms in total. The van der Waals surface area contributed by atoms with Gasteiger partial charge in [0.2, 0.25) is 12.7 Å². The molecule has 1 aliphatic rings. The van der Waals surface area contributed by atoms with Crippen molar-refractivity contribution >= 4 is 17.5 Å². The van der Waals surface area contributed by atoms with Crippen LogP contribution in [0.1, 0.15) is 16.8 Å². The number of fused-ring (bicyclic) bond motifs is 1. The first-order valence-corrected chi connectivity index (χ1v) is 8.45. The minimum absolute atomic E-state index is 0.260. The number of nitrogens with zero attached hydrogens (tertiary/aromatic N) is 3. The van der Waals surface area contributed by atoms with Gasteiger partial charge in [0.15, 0.2) is 11.5 Å². The Balaban J connectivity index is 1.50. The molecule has 0 saturated heterocycles. The fourth-order valence-electron chi connectivity index (χ4n) is 2.77. The smallest absolute Gasteiger partial charge is 0.231 e. The quantitative estimate of drug-likeness (QED) is 0.717. The highest BCUT2D eigenvalue weighted by Crippen LogP contribution is 2.32. The third kappa shape index (κ3) is 3.75. The molecule has 0 spiro atoms. The van der Waals surface area contributed by atoms with Gasteiger partial charge in [-0.3, -0.25) is 0 Å². The van der Waals surface area contributed by atoms with Crippen molar-refractivity contribution in [3.8, 4) is 17.6 Å². The second-order valence-corrected chi connectivity index (χ2v) is 6.04. The summed E-state index contributed by atoms with van der Waals surface area (Å²) in [5.74, 6) is 2.64. The predicted octanol–water partition coefficient (Wildman–Crippen LogP) is 3.74. The van der Waals surface area contributed by atoms with E-state index in [1.54, 1.807) is 6.07 Å². The molecule has 0 unspecified atom stereocenters. The van der Waals surface area contributed by atoms with E-state index in [1.807, 2.05) is 49.4 Å². The SMILES string of the molecule is Cc1cc(NCc2ccc3c(c2)OCO3)nc(Nc2ccccc2C#N)n1. The minimum Gasteiger partial charge on any atom is -0.454 e. The van der Waals surface area contributed by atoms with Gasteiger partial charge in [0.1, 0.15) is 11.9 Å². The third-order valence-corrected chi connectivity index (χ3v) is 4.06. The standard InChI is InChI=1S/C20H17N5O2/c1-13-8-19(22-11-14-6-7-17-18(9-14)27-12-26-17)25-20(23-13)24-16-5-3-2-4-15(16)10-21/h2-9H,11-12H2,1H3,(H2,22,23,24,25). The highest BCUT2D eigenvalue weighted by Gasteiger charge is 2.13. The highest BCUT2D eigenvalue weighted by atomic mass is 16.7.